The summed E-state index contributed by atoms with van der Waals surface area (Å²) in [6.45, 7) is 0. The molecule has 0 saturated heterocycles. The zero-order chi connectivity index (χ0) is 10.4. The Bertz CT molecular complexity index is 287. The van der Waals surface area contributed by atoms with Crippen molar-refractivity contribution in [2.24, 2.45) is 0 Å². The second-order valence-electron chi connectivity index (χ2n) is 2.78. The summed E-state index contributed by atoms with van der Waals surface area (Å²) in [5.41, 5.74) is 3.51. The van der Waals surface area contributed by atoms with Crippen LogP contribution in [0.5, 0.6) is 0 Å². The van der Waals surface area contributed by atoms with E-state index in [9.17, 15) is 4.79 Å². The Morgan fingerprint density at radius 3 is 2.50 bits per heavy atom. The summed E-state index contributed by atoms with van der Waals surface area (Å²) < 4.78 is 0. The molecule has 1 aromatic rings. The van der Waals surface area contributed by atoms with Gasteiger partial charge in [0.15, 0.2) is 0 Å². The van der Waals surface area contributed by atoms with Gasteiger partial charge in [0.1, 0.15) is 6.04 Å². The molecular weight excluding hydrogens is 180 g/mol. The third-order valence-corrected chi connectivity index (χ3v) is 1.88. The summed E-state index contributed by atoms with van der Waals surface area (Å²) in [7, 11) is 3.08. The van der Waals surface area contributed by atoms with Crippen LogP contribution in [0.1, 0.15) is 11.6 Å². The smallest absolute Gasteiger partial charge is 0.243 e. The van der Waals surface area contributed by atoms with Crippen LogP contribution < -0.4 is 10.8 Å². The second-order valence-corrected chi connectivity index (χ2v) is 2.78. The Morgan fingerprint density at radius 2 is 2.00 bits per heavy atom. The second kappa shape index (κ2) is 5.36. The van der Waals surface area contributed by atoms with Crippen LogP contribution >= 0.6 is 0 Å². The van der Waals surface area contributed by atoms with Crippen molar-refractivity contribution >= 4 is 5.91 Å². The van der Waals surface area contributed by atoms with Gasteiger partial charge in [-0.2, -0.15) is 5.48 Å². The number of rotatable bonds is 4. The first kappa shape index (κ1) is 10.7. The Labute approximate surface area is 83.2 Å². The van der Waals surface area contributed by atoms with E-state index in [-0.39, 0.29) is 5.91 Å². The van der Waals surface area contributed by atoms with Crippen LogP contribution in [-0.2, 0) is 9.63 Å². The molecule has 0 heterocycles. The Balaban J connectivity index is 2.83. The first-order valence-corrected chi connectivity index (χ1v) is 4.34. The summed E-state index contributed by atoms with van der Waals surface area (Å²) in [6.07, 6.45) is 0. The zero-order valence-electron chi connectivity index (χ0n) is 8.28. The SMILES string of the molecule is CNC(=O)C(NOC)c1ccccc1. The highest BCUT2D eigenvalue weighted by Gasteiger charge is 2.18. The quantitative estimate of drug-likeness (QED) is 0.691. The van der Waals surface area contributed by atoms with Gasteiger partial charge in [0.2, 0.25) is 5.91 Å². The molecule has 0 radical (unpaired) electrons. The monoisotopic (exact) mass is 194 g/mol. The van der Waals surface area contributed by atoms with Crippen LogP contribution in [0.15, 0.2) is 30.3 Å². The molecule has 76 valence electrons. The number of hydrogen-bond acceptors (Lipinski definition) is 3. The number of carbonyl (C=O) groups excluding carboxylic acids is 1. The molecule has 0 saturated carbocycles. The minimum Gasteiger partial charge on any atom is -0.357 e. The summed E-state index contributed by atoms with van der Waals surface area (Å²) in [5.74, 6) is -0.127. The highest BCUT2D eigenvalue weighted by atomic mass is 16.6. The molecule has 1 aromatic carbocycles. The summed E-state index contributed by atoms with van der Waals surface area (Å²) in [4.78, 5) is 16.2. The number of likely N-dealkylation sites (N-methyl/N-ethyl adjacent to an activating group) is 1. The highest BCUT2D eigenvalue weighted by Crippen LogP contribution is 2.11. The Morgan fingerprint density at radius 1 is 1.36 bits per heavy atom. The molecule has 1 amide bonds. The topological polar surface area (TPSA) is 50.4 Å². The predicted molar refractivity (Wildman–Crippen MR) is 53.4 cm³/mol. The fraction of sp³-hybridized carbons (Fsp3) is 0.300. The molecule has 0 aliphatic rings. The van der Waals surface area contributed by atoms with Crippen molar-refractivity contribution in [2.75, 3.05) is 14.2 Å². The van der Waals surface area contributed by atoms with Crippen molar-refractivity contribution < 1.29 is 9.63 Å². The number of carbonyl (C=O) groups is 1. The fourth-order valence-electron chi connectivity index (χ4n) is 1.18. The van der Waals surface area contributed by atoms with E-state index in [0.717, 1.165) is 5.56 Å². The van der Waals surface area contributed by atoms with Crippen LogP contribution in [0, 0.1) is 0 Å². The van der Waals surface area contributed by atoms with Gasteiger partial charge in [0.05, 0.1) is 7.11 Å². The highest BCUT2D eigenvalue weighted by molar-refractivity contribution is 5.82. The average molecular weight is 194 g/mol. The first-order chi connectivity index (χ1) is 6.79. The Hall–Kier alpha value is -1.39. The maximum absolute atomic E-state index is 11.4. The molecule has 1 unspecified atom stereocenters. The molecule has 0 bridgehead atoms. The van der Waals surface area contributed by atoms with Gasteiger partial charge in [0, 0.05) is 7.05 Å². The van der Waals surface area contributed by atoms with Crippen molar-refractivity contribution in [2.45, 2.75) is 6.04 Å². The zero-order valence-corrected chi connectivity index (χ0v) is 8.28. The van der Waals surface area contributed by atoms with Gasteiger partial charge in [-0.05, 0) is 5.56 Å². The largest absolute Gasteiger partial charge is 0.357 e. The van der Waals surface area contributed by atoms with E-state index in [4.69, 9.17) is 4.84 Å². The molecular formula is C10H14N2O2. The lowest BCUT2D eigenvalue weighted by Gasteiger charge is -2.15. The molecule has 0 aliphatic heterocycles. The van der Waals surface area contributed by atoms with Gasteiger partial charge >= 0.3 is 0 Å². The van der Waals surface area contributed by atoms with Gasteiger partial charge in [-0.3, -0.25) is 4.79 Å². The van der Waals surface area contributed by atoms with Gasteiger partial charge < -0.3 is 10.2 Å². The van der Waals surface area contributed by atoms with Crippen molar-refractivity contribution in [1.82, 2.24) is 10.8 Å². The fourth-order valence-corrected chi connectivity index (χ4v) is 1.18. The van der Waals surface area contributed by atoms with Crippen LogP contribution in [-0.4, -0.2) is 20.1 Å². The van der Waals surface area contributed by atoms with Gasteiger partial charge in [-0.15, -0.1) is 0 Å². The average Bonchev–Trinajstić information content (AvgIpc) is 2.26. The van der Waals surface area contributed by atoms with Crippen LogP contribution in [0.25, 0.3) is 0 Å². The number of nitrogens with one attached hydrogen (secondary N) is 2. The molecule has 4 nitrogen and oxygen atoms in total. The molecule has 0 spiro atoms. The lowest BCUT2D eigenvalue weighted by molar-refractivity contribution is -0.126. The van der Waals surface area contributed by atoms with Gasteiger partial charge in [-0.25, -0.2) is 0 Å². The van der Waals surface area contributed by atoms with E-state index in [1.807, 2.05) is 30.3 Å². The number of hydroxylamine groups is 1. The lowest BCUT2D eigenvalue weighted by atomic mass is 10.1. The first-order valence-electron chi connectivity index (χ1n) is 4.34. The molecule has 4 heteroatoms. The minimum absolute atomic E-state index is 0.127. The van der Waals surface area contributed by atoms with E-state index in [2.05, 4.69) is 10.8 Å². The maximum atomic E-state index is 11.4. The molecule has 1 rings (SSSR count). The maximum Gasteiger partial charge on any atom is 0.243 e. The van der Waals surface area contributed by atoms with Gasteiger partial charge in [-0.1, -0.05) is 30.3 Å². The van der Waals surface area contributed by atoms with E-state index in [1.165, 1.54) is 7.11 Å². The van der Waals surface area contributed by atoms with Gasteiger partial charge in [0.25, 0.3) is 0 Å². The molecule has 2 N–H and O–H groups in total. The molecule has 0 aromatic heterocycles. The third-order valence-electron chi connectivity index (χ3n) is 1.88. The molecule has 0 fully saturated rings. The number of hydrogen-bond donors (Lipinski definition) is 2. The van der Waals surface area contributed by atoms with Crippen molar-refractivity contribution in [3.05, 3.63) is 35.9 Å². The van der Waals surface area contributed by atoms with E-state index in [1.54, 1.807) is 7.05 Å². The molecule has 1 atom stereocenters. The normalized spacial score (nSPS) is 12.1. The molecule has 0 aliphatic carbocycles. The third kappa shape index (κ3) is 2.55. The van der Waals surface area contributed by atoms with Crippen LogP contribution in [0.2, 0.25) is 0 Å². The van der Waals surface area contributed by atoms with E-state index < -0.39 is 6.04 Å². The lowest BCUT2D eigenvalue weighted by Crippen LogP contribution is -2.35. The Kier molecular flexibility index (Phi) is 4.10. The standard InChI is InChI=1S/C10H14N2O2/c1-11-10(13)9(12-14-2)8-6-4-3-5-7-8/h3-7,9,12H,1-2H3,(H,11,13). The summed E-state index contributed by atoms with van der Waals surface area (Å²) in [6, 6.07) is 8.92. The number of benzene rings is 1. The van der Waals surface area contributed by atoms with Crippen molar-refractivity contribution in [3.63, 3.8) is 0 Å². The minimum atomic E-state index is -0.466. The summed E-state index contributed by atoms with van der Waals surface area (Å²) >= 11 is 0. The van der Waals surface area contributed by atoms with Crippen LogP contribution in [0.4, 0.5) is 0 Å². The van der Waals surface area contributed by atoms with E-state index in [0.29, 0.717) is 0 Å². The predicted octanol–water partition coefficient (Wildman–Crippen LogP) is 0.625. The van der Waals surface area contributed by atoms with Crippen molar-refractivity contribution in [3.8, 4) is 0 Å². The number of amides is 1. The van der Waals surface area contributed by atoms with E-state index >= 15 is 0 Å². The van der Waals surface area contributed by atoms with Crippen molar-refractivity contribution in [1.29, 1.82) is 0 Å². The van der Waals surface area contributed by atoms with Crippen LogP contribution in [0.3, 0.4) is 0 Å². The summed E-state index contributed by atoms with van der Waals surface area (Å²) in [5, 5.41) is 2.57. The molecule has 14 heavy (non-hydrogen) atoms.